The first-order valence-corrected chi connectivity index (χ1v) is 4.90. The van der Waals surface area contributed by atoms with E-state index in [0.717, 1.165) is 11.8 Å². The van der Waals surface area contributed by atoms with Crippen LogP contribution < -0.4 is 0 Å². The fourth-order valence-electron chi connectivity index (χ4n) is 1.27. The van der Waals surface area contributed by atoms with Crippen LogP contribution in [0.5, 0.6) is 0 Å². The number of carbonyl (C=O) groups excluding carboxylic acids is 2. The van der Waals surface area contributed by atoms with Crippen LogP contribution in [0.2, 0.25) is 0 Å². The van der Waals surface area contributed by atoms with Gasteiger partial charge in [0.25, 0.3) is 0 Å². The average Bonchev–Trinajstić information content (AvgIpc) is 2.28. The van der Waals surface area contributed by atoms with Crippen LogP contribution in [0, 0.1) is 0 Å². The highest BCUT2D eigenvalue weighted by Crippen LogP contribution is 2.16. The molecule has 1 rings (SSSR count). The van der Waals surface area contributed by atoms with Crippen molar-refractivity contribution in [2.24, 2.45) is 0 Å². The normalized spacial score (nSPS) is 11.9. The van der Waals surface area contributed by atoms with E-state index in [9.17, 15) is 9.59 Å². The van der Waals surface area contributed by atoms with Crippen LogP contribution in [-0.4, -0.2) is 18.9 Å². The summed E-state index contributed by atoms with van der Waals surface area (Å²) in [4.78, 5) is 21.8. The van der Waals surface area contributed by atoms with Crippen LogP contribution in [0.25, 0.3) is 0 Å². The van der Waals surface area contributed by atoms with E-state index in [4.69, 9.17) is 4.74 Å². The molecule has 1 aromatic carbocycles. The van der Waals surface area contributed by atoms with Gasteiger partial charge in [0.2, 0.25) is 0 Å². The van der Waals surface area contributed by atoms with Gasteiger partial charge in [-0.3, -0.25) is 9.59 Å². The van der Waals surface area contributed by atoms with Crippen molar-refractivity contribution in [3.8, 4) is 0 Å². The highest BCUT2D eigenvalue weighted by molar-refractivity contribution is 5.79. The van der Waals surface area contributed by atoms with Gasteiger partial charge in [-0.1, -0.05) is 24.3 Å². The molecule has 3 nitrogen and oxygen atoms in total. The lowest BCUT2D eigenvalue weighted by atomic mass is 10.0. The molecule has 1 aromatic rings. The van der Waals surface area contributed by atoms with E-state index < -0.39 is 0 Å². The minimum atomic E-state index is -0.286. The summed E-state index contributed by atoms with van der Waals surface area (Å²) in [7, 11) is 0. The third-order valence-corrected chi connectivity index (χ3v) is 2.21. The third kappa shape index (κ3) is 2.91. The second kappa shape index (κ2) is 5.29. The summed E-state index contributed by atoms with van der Waals surface area (Å²) in [6.07, 6.45) is 0.777. The van der Waals surface area contributed by atoms with Gasteiger partial charge in [0.1, 0.15) is 6.29 Å². The lowest BCUT2D eigenvalue weighted by molar-refractivity contribution is -0.144. The molecule has 0 unspecified atom stereocenters. The van der Waals surface area contributed by atoms with Gasteiger partial charge in [-0.15, -0.1) is 0 Å². The van der Waals surface area contributed by atoms with Crippen LogP contribution in [0.1, 0.15) is 35.7 Å². The van der Waals surface area contributed by atoms with Crippen molar-refractivity contribution in [3.05, 3.63) is 35.4 Å². The molecule has 0 saturated heterocycles. The Labute approximate surface area is 89.1 Å². The zero-order valence-corrected chi connectivity index (χ0v) is 8.90. The van der Waals surface area contributed by atoms with Gasteiger partial charge in [-0.25, -0.2) is 0 Å². The molecule has 0 bridgehead atoms. The molecule has 0 aliphatic heterocycles. The Bertz CT molecular complexity index is 340. The topological polar surface area (TPSA) is 43.4 Å². The zero-order chi connectivity index (χ0) is 11.3. The zero-order valence-electron chi connectivity index (χ0n) is 8.90. The molecule has 0 fully saturated rings. The Morgan fingerprint density at radius 1 is 1.40 bits per heavy atom. The molecule has 80 valence electrons. The summed E-state index contributed by atoms with van der Waals surface area (Å²) in [6, 6.07) is 6.92. The summed E-state index contributed by atoms with van der Waals surface area (Å²) >= 11 is 0. The maximum absolute atomic E-state index is 11.4. The lowest BCUT2D eigenvalue weighted by Crippen LogP contribution is -2.12. The number of hydrogen-bond donors (Lipinski definition) is 0. The number of hydrogen-bond acceptors (Lipinski definition) is 3. The third-order valence-electron chi connectivity index (χ3n) is 2.21. The molecule has 0 aliphatic rings. The molecule has 0 radical (unpaired) electrons. The Kier molecular flexibility index (Phi) is 4.03. The quantitative estimate of drug-likeness (QED) is 0.560. The first kappa shape index (κ1) is 11.4. The minimum absolute atomic E-state index is 0.239. The monoisotopic (exact) mass is 206 g/mol. The molecular weight excluding hydrogens is 192 g/mol. The summed E-state index contributed by atoms with van der Waals surface area (Å²) in [5.74, 6) is -0.526. The number of ether oxygens (including phenoxy) is 1. The molecule has 0 heterocycles. The van der Waals surface area contributed by atoms with Crippen LogP contribution in [-0.2, 0) is 9.53 Å². The van der Waals surface area contributed by atoms with Crippen LogP contribution >= 0.6 is 0 Å². The Hall–Kier alpha value is -1.64. The van der Waals surface area contributed by atoms with Crippen molar-refractivity contribution in [3.63, 3.8) is 0 Å². The minimum Gasteiger partial charge on any atom is -0.466 e. The van der Waals surface area contributed by atoms with Crippen molar-refractivity contribution < 1.29 is 14.3 Å². The fourth-order valence-corrected chi connectivity index (χ4v) is 1.27. The van der Waals surface area contributed by atoms with E-state index in [-0.39, 0.29) is 11.9 Å². The van der Waals surface area contributed by atoms with Crippen molar-refractivity contribution in [2.75, 3.05) is 6.61 Å². The van der Waals surface area contributed by atoms with Crippen LogP contribution in [0.4, 0.5) is 0 Å². The van der Waals surface area contributed by atoms with Crippen molar-refractivity contribution in [1.29, 1.82) is 0 Å². The largest absolute Gasteiger partial charge is 0.466 e. The van der Waals surface area contributed by atoms with E-state index in [0.29, 0.717) is 12.2 Å². The van der Waals surface area contributed by atoms with Crippen LogP contribution in [0.3, 0.4) is 0 Å². The highest BCUT2D eigenvalue weighted by Gasteiger charge is 2.15. The summed E-state index contributed by atoms with van der Waals surface area (Å²) < 4.78 is 4.91. The molecule has 15 heavy (non-hydrogen) atoms. The number of rotatable bonds is 4. The Balaban J connectivity index is 2.77. The maximum Gasteiger partial charge on any atom is 0.313 e. The predicted molar refractivity (Wildman–Crippen MR) is 56.9 cm³/mol. The smallest absolute Gasteiger partial charge is 0.313 e. The number of aldehydes is 1. The van der Waals surface area contributed by atoms with Gasteiger partial charge in [0.15, 0.2) is 0 Å². The van der Waals surface area contributed by atoms with E-state index >= 15 is 0 Å². The molecule has 0 N–H and O–H groups in total. The highest BCUT2D eigenvalue weighted by atomic mass is 16.5. The van der Waals surface area contributed by atoms with Gasteiger partial charge in [0.05, 0.1) is 12.5 Å². The SMILES string of the molecule is CCOC(=O)[C@H](C)c1ccc(C=O)cc1. The number of carbonyl (C=O) groups is 2. The van der Waals surface area contributed by atoms with Gasteiger partial charge >= 0.3 is 5.97 Å². The molecular formula is C12H14O3. The number of benzene rings is 1. The molecule has 0 amide bonds. The molecule has 0 saturated carbocycles. The van der Waals surface area contributed by atoms with E-state index in [1.165, 1.54) is 0 Å². The Morgan fingerprint density at radius 3 is 2.47 bits per heavy atom. The van der Waals surface area contributed by atoms with Gasteiger partial charge in [-0.05, 0) is 19.4 Å². The molecule has 3 heteroatoms. The van der Waals surface area contributed by atoms with Gasteiger partial charge in [-0.2, -0.15) is 0 Å². The molecule has 0 aromatic heterocycles. The standard InChI is InChI=1S/C12H14O3/c1-3-15-12(14)9(2)11-6-4-10(8-13)5-7-11/h4-9H,3H2,1-2H3/t9-/m1/s1. The van der Waals surface area contributed by atoms with Gasteiger partial charge < -0.3 is 4.74 Å². The van der Waals surface area contributed by atoms with E-state index in [1.54, 1.807) is 38.1 Å². The second-order valence-electron chi connectivity index (χ2n) is 3.26. The average molecular weight is 206 g/mol. The first-order chi connectivity index (χ1) is 7.19. The number of esters is 1. The van der Waals surface area contributed by atoms with E-state index in [1.807, 2.05) is 0 Å². The second-order valence-corrected chi connectivity index (χ2v) is 3.26. The summed E-state index contributed by atoms with van der Waals surface area (Å²) in [5, 5.41) is 0. The maximum atomic E-state index is 11.4. The van der Waals surface area contributed by atoms with E-state index in [2.05, 4.69) is 0 Å². The fraction of sp³-hybridized carbons (Fsp3) is 0.333. The summed E-state index contributed by atoms with van der Waals surface area (Å²) in [6.45, 7) is 3.95. The Morgan fingerprint density at radius 2 is 2.00 bits per heavy atom. The van der Waals surface area contributed by atoms with Crippen molar-refractivity contribution in [1.82, 2.24) is 0 Å². The lowest BCUT2D eigenvalue weighted by Gasteiger charge is -2.10. The van der Waals surface area contributed by atoms with Gasteiger partial charge in [0, 0.05) is 5.56 Å². The van der Waals surface area contributed by atoms with Crippen molar-refractivity contribution in [2.45, 2.75) is 19.8 Å². The molecule has 1 atom stereocenters. The molecule has 0 aliphatic carbocycles. The van der Waals surface area contributed by atoms with Crippen molar-refractivity contribution >= 4 is 12.3 Å². The molecule has 0 spiro atoms. The summed E-state index contributed by atoms with van der Waals surface area (Å²) in [5.41, 5.74) is 1.47. The first-order valence-electron chi connectivity index (χ1n) is 4.90. The van der Waals surface area contributed by atoms with Crippen LogP contribution in [0.15, 0.2) is 24.3 Å². The predicted octanol–water partition coefficient (Wildman–Crippen LogP) is 2.17.